The molecule has 0 radical (unpaired) electrons. The summed E-state index contributed by atoms with van der Waals surface area (Å²) < 4.78 is 0. The highest BCUT2D eigenvalue weighted by atomic mass is 16.1. The Balaban J connectivity index is 1.47. The number of nitrogens with zero attached hydrogens (tertiary/aromatic N) is 1. The minimum atomic E-state index is 0.158. The summed E-state index contributed by atoms with van der Waals surface area (Å²) in [6, 6.07) is 1.25. The van der Waals surface area contributed by atoms with E-state index in [0.29, 0.717) is 12.6 Å². The third-order valence-corrected chi connectivity index (χ3v) is 3.82. The van der Waals surface area contributed by atoms with E-state index in [1.165, 1.54) is 25.7 Å². The maximum atomic E-state index is 11.6. The molecule has 2 N–H and O–H groups in total. The monoisotopic (exact) mass is 239 g/mol. The molecule has 2 saturated carbocycles. The molecule has 0 aromatic rings. The van der Waals surface area contributed by atoms with E-state index in [-0.39, 0.29) is 5.91 Å². The molecule has 0 heterocycles. The second-order valence-electron chi connectivity index (χ2n) is 5.44. The van der Waals surface area contributed by atoms with Gasteiger partial charge in [-0.25, -0.2) is 0 Å². The number of carbonyl (C=O) groups is 1. The van der Waals surface area contributed by atoms with E-state index in [9.17, 15) is 4.79 Å². The number of carbonyl (C=O) groups excluding carboxylic acids is 1. The lowest BCUT2D eigenvalue weighted by Crippen LogP contribution is -2.41. The molecule has 17 heavy (non-hydrogen) atoms. The van der Waals surface area contributed by atoms with Gasteiger partial charge in [-0.2, -0.15) is 0 Å². The Hall–Kier alpha value is -0.610. The first-order valence-electron chi connectivity index (χ1n) is 6.96. The van der Waals surface area contributed by atoms with Crippen LogP contribution < -0.4 is 10.6 Å². The molecule has 2 rings (SSSR count). The molecule has 0 aromatic heterocycles. The van der Waals surface area contributed by atoms with Crippen LogP contribution in [0.5, 0.6) is 0 Å². The molecule has 1 amide bonds. The molecule has 4 heteroatoms. The third-order valence-electron chi connectivity index (χ3n) is 3.82. The van der Waals surface area contributed by atoms with E-state index in [1.807, 2.05) is 0 Å². The first-order valence-corrected chi connectivity index (χ1v) is 6.96. The molecule has 0 spiro atoms. The lowest BCUT2D eigenvalue weighted by atomic mass is 10.2. The predicted octanol–water partition coefficient (Wildman–Crippen LogP) is 0.729. The number of likely N-dealkylation sites (N-methyl/N-ethyl adjacent to an activating group) is 1. The van der Waals surface area contributed by atoms with Crippen molar-refractivity contribution in [1.29, 1.82) is 0 Å². The predicted molar refractivity (Wildman–Crippen MR) is 68.9 cm³/mol. The quantitative estimate of drug-likeness (QED) is 0.644. The molecule has 2 aliphatic rings. The molecule has 0 aliphatic heterocycles. The van der Waals surface area contributed by atoms with Crippen molar-refractivity contribution < 1.29 is 4.79 Å². The van der Waals surface area contributed by atoms with Crippen molar-refractivity contribution in [2.24, 2.45) is 0 Å². The summed E-state index contributed by atoms with van der Waals surface area (Å²) in [7, 11) is 2.16. The van der Waals surface area contributed by atoms with E-state index < -0.39 is 0 Å². The first-order chi connectivity index (χ1) is 8.25. The average Bonchev–Trinajstić information content (AvgIpc) is 3.04. The van der Waals surface area contributed by atoms with Gasteiger partial charge in [0.05, 0.1) is 6.54 Å². The molecule has 0 bridgehead atoms. The Morgan fingerprint density at radius 1 is 1.24 bits per heavy atom. The van der Waals surface area contributed by atoms with E-state index in [1.54, 1.807) is 0 Å². The van der Waals surface area contributed by atoms with Crippen LogP contribution in [-0.4, -0.2) is 49.6 Å². The minimum Gasteiger partial charge on any atom is -0.352 e. The number of rotatable bonds is 7. The topological polar surface area (TPSA) is 44.4 Å². The van der Waals surface area contributed by atoms with Gasteiger partial charge in [0.25, 0.3) is 0 Å². The van der Waals surface area contributed by atoms with Crippen molar-refractivity contribution >= 4 is 5.91 Å². The fraction of sp³-hybridized carbons (Fsp3) is 0.923. The van der Waals surface area contributed by atoms with Gasteiger partial charge in [-0.3, -0.25) is 4.79 Å². The average molecular weight is 239 g/mol. The smallest absolute Gasteiger partial charge is 0.234 e. The van der Waals surface area contributed by atoms with E-state index >= 15 is 0 Å². The van der Waals surface area contributed by atoms with Crippen LogP contribution in [0.25, 0.3) is 0 Å². The number of amides is 1. The molecular formula is C13H25N3O. The van der Waals surface area contributed by atoms with Crippen LogP contribution in [0.4, 0.5) is 0 Å². The molecule has 0 saturated heterocycles. The van der Waals surface area contributed by atoms with Crippen LogP contribution in [-0.2, 0) is 4.79 Å². The molecule has 2 aliphatic carbocycles. The zero-order valence-corrected chi connectivity index (χ0v) is 10.9. The lowest BCUT2D eigenvalue weighted by Gasteiger charge is -2.16. The Labute approximate surface area is 104 Å². The highest BCUT2D eigenvalue weighted by Gasteiger charge is 2.25. The van der Waals surface area contributed by atoms with Crippen LogP contribution >= 0.6 is 0 Å². The molecule has 2 fully saturated rings. The van der Waals surface area contributed by atoms with Gasteiger partial charge in [-0.1, -0.05) is 12.8 Å². The van der Waals surface area contributed by atoms with Crippen molar-refractivity contribution in [3.8, 4) is 0 Å². The summed E-state index contributed by atoms with van der Waals surface area (Å²) in [5.74, 6) is 0.158. The summed E-state index contributed by atoms with van der Waals surface area (Å²) in [4.78, 5) is 14.0. The highest BCUT2D eigenvalue weighted by Crippen LogP contribution is 2.24. The standard InChI is InChI=1S/C13H25N3O/c1-16(12-6-7-12)9-8-14-10-13(17)15-11-4-2-3-5-11/h11-12,14H,2-10H2,1H3,(H,15,17). The molecule has 0 unspecified atom stereocenters. The second kappa shape index (κ2) is 6.36. The molecule has 4 nitrogen and oxygen atoms in total. The van der Waals surface area contributed by atoms with Gasteiger partial charge in [-0.05, 0) is 32.7 Å². The normalized spacial score (nSPS) is 21.1. The van der Waals surface area contributed by atoms with E-state index in [2.05, 4.69) is 22.6 Å². The SMILES string of the molecule is CN(CCNCC(=O)NC1CCCC1)C1CC1. The van der Waals surface area contributed by atoms with Crippen molar-refractivity contribution in [3.05, 3.63) is 0 Å². The van der Waals surface area contributed by atoms with Crippen LogP contribution in [0.2, 0.25) is 0 Å². The highest BCUT2D eigenvalue weighted by molar-refractivity contribution is 5.78. The van der Waals surface area contributed by atoms with Gasteiger partial charge in [0.1, 0.15) is 0 Å². The maximum absolute atomic E-state index is 11.6. The molecule has 0 atom stereocenters. The Morgan fingerprint density at radius 2 is 1.94 bits per heavy atom. The zero-order valence-electron chi connectivity index (χ0n) is 10.9. The van der Waals surface area contributed by atoms with Crippen LogP contribution in [0.1, 0.15) is 38.5 Å². The largest absolute Gasteiger partial charge is 0.352 e. The van der Waals surface area contributed by atoms with Crippen LogP contribution in [0, 0.1) is 0 Å². The van der Waals surface area contributed by atoms with E-state index in [4.69, 9.17) is 0 Å². The number of hydrogen-bond acceptors (Lipinski definition) is 3. The molecule has 0 aromatic carbocycles. The summed E-state index contributed by atoms with van der Waals surface area (Å²) in [5, 5.41) is 6.31. The van der Waals surface area contributed by atoms with Crippen molar-refractivity contribution in [2.75, 3.05) is 26.7 Å². The van der Waals surface area contributed by atoms with Gasteiger partial charge in [0, 0.05) is 25.2 Å². The van der Waals surface area contributed by atoms with Crippen molar-refractivity contribution in [2.45, 2.75) is 50.6 Å². The minimum absolute atomic E-state index is 0.158. The van der Waals surface area contributed by atoms with Crippen molar-refractivity contribution in [1.82, 2.24) is 15.5 Å². The van der Waals surface area contributed by atoms with E-state index in [0.717, 1.165) is 32.0 Å². The summed E-state index contributed by atoms with van der Waals surface area (Å²) in [5.41, 5.74) is 0. The fourth-order valence-corrected chi connectivity index (χ4v) is 2.50. The third kappa shape index (κ3) is 4.64. The summed E-state index contributed by atoms with van der Waals surface area (Å²) in [6.07, 6.45) is 7.55. The zero-order chi connectivity index (χ0) is 12.1. The van der Waals surface area contributed by atoms with Gasteiger partial charge in [0.15, 0.2) is 0 Å². The Bertz CT molecular complexity index is 247. The number of nitrogens with one attached hydrogen (secondary N) is 2. The Morgan fingerprint density at radius 3 is 2.59 bits per heavy atom. The van der Waals surface area contributed by atoms with Gasteiger partial charge >= 0.3 is 0 Å². The maximum Gasteiger partial charge on any atom is 0.234 e. The lowest BCUT2D eigenvalue weighted by molar-refractivity contribution is -0.120. The fourth-order valence-electron chi connectivity index (χ4n) is 2.50. The Kier molecular flexibility index (Phi) is 4.80. The molecular weight excluding hydrogens is 214 g/mol. The molecule has 98 valence electrons. The van der Waals surface area contributed by atoms with Crippen molar-refractivity contribution in [3.63, 3.8) is 0 Å². The van der Waals surface area contributed by atoms with Gasteiger partial charge in [0.2, 0.25) is 5.91 Å². The number of hydrogen-bond donors (Lipinski definition) is 2. The second-order valence-corrected chi connectivity index (χ2v) is 5.44. The first kappa shape index (κ1) is 12.8. The van der Waals surface area contributed by atoms with Crippen LogP contribution in [0.15, 0.2) is 0 Å². The summed E-state index contributed by atoms with van der Waals surface area (Å²) in [6.45, 7) is 2.42. The van der Waals surface area contributed by atoms with Gasteiger partial charge < -0.3 is 15.5 Å². The van der Waals surface area contributed by atoms with Gasteiger partial charge in [-0.15, -0.1) is 0 Å². The summed E-state index contributed by atoms with van der Waals surface area (Å²) >= 11 is 0. The van der Waals surface area contributed by atoms with Crippen LogP contribution in [0.3, 0.4) is 0 Å².